The van der Waals surface area contributed by atoms with Crippen molar-refractivity contribution in [2.45, 2.75) is 6.42 Å². The van der Waals surface area contributed by atoms with Gasteiger partial charge in [0, 0.05) is 12.0 Å². The Labute approximate surface area is 100 Å². The standard InChI is InChI=1S/C14H14O3/c1-3-8-17-13-11-7-5-4-6-10(11)9-12(13)14(15)16-2/h3-7H,1,8-9H2,2H3. The van der Waals surface area contributed by atoms with Gasteiger partial charge in [0.25, 0.3) is 0 Å². The SMILES string of the molecule is C=CCOC1=C(C(=O)OC)Cc2ccccc21. The van der Waals surface area contributed by atoms with Gasteiger partial charge < -0.3 is 9.47 Å². The van der Waals surface area contributed by atoms with E-state index in [-0.39, 0.29) is 5.97 Å². The summed E-state index contributed by atoms with van der Waals surface area (Å²) >= 11 is 0. The molecular formula is C14H14O3. The molecule has 0 fully saturated rings. The van der Waals surface area contributed by atoms with Crippen LogP contribution in [0.3, 0.4) is 0 Å². The molecule has 1 aromatic carbocycles. The Balaban J connectivity index is 2.39. The molecule has 1 aromatic rings. The number of carbonyl (C=O) groups is 1. The minimum atomic E-state index is -0.333. The van der Waals surface area contributed by atoms with Gasteiger partial charge in [0.15, 0.2) is 0 Å². The number of carbonyl (C=O) groups excluding carboxylic acids is 1. The number of ether oxygens (including phenoxy) is 2. The molecule has 1 aliphatic carbocycles. The largest absolute Gasteiger partial charge is 0.488 e. The molecule has 0 aliphatic heterocycles. The molecule has 0 heterocycles. The second kappa shape index (κ2) is 4.87. The number of methoxy groups -OCH3 is 1. The summed E-state index contributed by atoms with van der Waals surface area (Å²) in [7, 11) is 1.38. The zero-order chi connectivity index (χ0) is 12.3. The predicted molar refractivity (Wildman–Crippen MR) is 65.2 cm³/mol. The van der Waals surface area contributed by atoms with E-state index in [0.717, 1.165) is 11.1 Å². The second-order valence-corrected chi connectivity index (χ2v) is 3.73. The fourth-order valence-corrected chi connectivity index (χ4v) is 1.92. The summed E-state index contributed by atoms with van der Waals surface area (Å²) in [5, 5.41) is 0. The van der Waals surface area contributed by atoms with Crippen molar-refractivity contribution < 1.29 is 14.3 Å². The molecule has 0 unspecified atom stereocenters. The molecule has 0 bridgehead atoms. The van der Waals surface area contributed by atoms with Crippen LogP contribution in [0.2, 0.25) is 0 Å². The van der Waals surface area contributed by atoms with Gasteiger partial charge in [0.1, 0.15) is 12.4 Å². The van der Waals surface area contributed by atoms with Crippen molar-refractivity contribution >= 4 is 11.7 Å². The monoisotopic (exact) mass is 230 g/mol. The first-order chi connectivity index (χ1) is 8.27. The van der Waals surface area contributed by atoms with Gasteiger partial charge >= 0.3 is 5.97 Å². The van der Waals surface area contributed by atoms with Gasteiger partial charge in [-0.1, -0.05) is 36.9 Å². The lowest BCUT2D eigenvalue weighted by molar-refractivity contribution is -0.136. The van der Waals surface area contributed by atoms with Crippen LogP contribution < -0.4 is 0 Å². The van der Waals surface area contributed by atoms with Gasteiger partial charge in [-0.15, -0.1) is 0 Å². The second-order valence-electron chi connectivity index (χ2n) is 3.73. The molecule has 3 heteroatoms. The minimum absolute atomic E-state index is 0.333. The smallest absolute Gasteiger partial charge is 0.337 e. The van der Waals surface area contributed by atoms with Gasteiger partial charge in [-0.3, -0.25) is 0 Å². The molecule has 17 heavy (non-hydrogen) atoms. The van der Waals surface area contributed by atoms with Crippen molar-refractivity contribution in [1.82, 2.24) is 0 Å². The summed E-state index contributed by atoms with van der Waals surface area (Å²) in [6.45, 7) is 3.98. The van der Waals surface area contributed by atoms with E-state index in [1.807, 2.05) is 24.3 Å². The van der Waals surface area contributed by atoms with Gasteiger partial charge in [-0.05, 0) is 5.56 Å². The summed E-state index contributed by atoms with van der Waals surface area (Å²) < 4.78 is 10.3. The first-order valence-electron chi connectivity index (χ1n) is 5.41. The summed E-state index contributed by atoms with van der Waals surface area (Å²) in [5.41, 5.74) is 2.64. The summed E-state index contributed by atoms with van der Waals surface area (Å²) in [5.74, 6) is 0.285. The van der Waals surface area contributed by atoms with Crippen LogP contribution in [0.1, 0.15) is 11.1 Å². The molecular weight excluding hydrogens is 216 g/mol. The Morgan fingerprint density at radius 3 is 2.94 bits per heavy atom. The van der Waals surface area contributed by atoms with Crippen LogP contribution in [0.4, 0.5) is 0 Å². The average molecular weight is 230 g/mol. The molecule has 0 aromatic heterocycles. The number of hydrogen-bond acceptors (Lipinski definition) is 3. The minimum Gasteiger partial charge on any atom is -0.488 e. The highest BCUT2D eigenvalue weighted by molar-refractivity contribution is 5.99. The maximum atomic E-state index is 11.7. The number of fused-ring (bicyclic) bond motifs is 1. The lowest BCUT2D eigenvalue weighted by Gasteiger charge is -2.08. The third kappa shape index (κ3) is 2.09. The Hall–Kier alpha value is -2.03. The Morgan fingerprint density at radius 1 is 1.47 bits per heavy atom. The van der Waals surface area contributed by atoms with Crippen molar-refractivity contribution in [3.63, 3.8) is 0 Å². The number of benzene rings is 1. The number of rotatable bonds is 4. The molecule has 1 aliphatic rings. The van der Waals surface area contributed by atoms with Gasteiger partial charge in [-0.25, -0.2) is 4.79 Å². The predicted octanol–water partition coefficient (Wildman–Crippen LogP) is 2.33. The van der Waals surface area contributed by atoms with E-state index in [0.29, 0.717) is 24.4 Å². The summed E-state index contributed by atoms with van der Waals surface area (Å²) in [4.78, 5) is 11.7. The highest BCUT2D eigenvalue weighted by atomic mass is 16.5. The van der Waals surface area contributed by atoms with Crippen molar-refractivity contribution in [2.75, 3.05) is 13.7 Å². The van der Waals surface area contributed by atoms with Crippen molar-refractivity contribution in [1.29, 1.82) is 0 Å². The van der Waals surface area contributed by atoms with Crippen molar-refractivity contribution in [2.24, 2.45) is 0 Å². The van der Waals surface area contributed by atoms with Crippen LogP contribution in [-0.2, 0) is 20.7 Å². The van der Waals surface area contributed by atoms with Gasteiger partial charge in [-0.2, -0.15) is 0 Å². The van der Waals surface area contributed by atoms with Crippen LogP contribution in [0.15, 0.2) is 42.5 Å². The molecule has 88 valence electrons. The molecule has 0 N–H and O–H groups in total. The number of esters is 1. The zero-order valence-electron chi connectivity index (χ0n) is 9.73. The molecule has 0 atom stereocenters. The fraction of sp³-hybridized carbons (Fsp3) is 0.214. The quantitative estimate of drug-likeness (QED) is 0.588. The first-order valence-corrected chi connectivity index (χ1v) is 5.41. The molecule has 0 amide bonds. The van der Waals surface area contributed by atoms with Gasteiger partial charge in [0.05, 0.1) is 12.7 Å². The maximum Gasteiger partial charge on any atom is 0.337 e. The fourth-order valence-electron chi connectivity index (χ4n) is 1.92. The lowest BCUT2D eigenvalue weighted by atomic mass is 10.1. The van der Waals surface area contributed by atoms with E-state index < -0.39 is 0 Å². The van der Waals surface area contributed by atoms with Crippen LogP contribution in [0.5, 0.6) is 0 Å². The van der Waals surface area contributed by atoms with E-state index in [4.69, 9.17) is 9.47 Å². The lowest BCUT2D eigenvalue weighted by Crippen LogP contribution is -2.07. The zero-order valence-corrected chi connectivity index (χ0v) is 9.73. The van der Waals surface area contributed by atoms with E-state index in [9.17, 15) is 4.79 Å². The Kier molecular flexibility index (Phi) is 3.28. The van der Waals surface area contributed by atoms with Crippen LogP contribution in [0, 0.1) is 0 Å². The average Bonchev–Trinajstić information content (AvgIpc) is 2.74. The molecule has 0 saturated heterocycles. The third-order valence-electron chi connectivity index (χ3n) is 2.68. The van der Waals surface area contributed by atoms with Crippen LogP contribution in [0.25, 0.3) is 5.76 Å². The van der Waals surface area contributed by atoms with E-state index >= 15 is 0 Å². The molecule has 2 rings (SSSR count). The van der Waals surface area contributed by atoms with Crippen molar-refractivity contribution in [3.05, 3.63) is 53.6 Å². The number of hydrogen-bond donors (Lipinski definition) is 0. The normalized spacial score (nSPS) is 13.2. The topological polar surface area (TPSA) is 35.5 Å². The molecule has 0 spiro atoms. The highest BCUT2D eigenvalue weighted by Gasteiger charge is 2.27. The molecule has 0 saturated carbocycles. The third-order valence-corrected chi connectivity index (χ3v) is 2.68. The molecule has 0 radical (unpaired) electrons. The van der Waals surface area contributed by atoms with Crippen LogP contribution >= 0.6 is 0 Å². The van der Waals surface area contributed by atoms with Crippen LogP contribution in [-0.4, -0.2) is 19.7 Å². The van der Waals surface area contributed by atoms with E-state index in [2.05, 4.69) is 6.58 Å². The maximum absolute atomic E-state index is 11.7. The van der Waals surface area contributed by atoms with E-state index in [1.54, 1.807) is 6.08 Å². The first kappa shape index (κ1) is 11.5. The Morgan fingerprint density at radius 2 is 2.24 bits per heavy atom. The highest BCUT2D eigenvalue weighted by Crippen LogP contribution is 2.33. The summed E-state index contributed by atoms with van der Waals surface area (Å²) in [6, 6.07) is 7.81. The van der Waals surface area contributed by atoms with Crippen molar-refractivity contribution in [3.8, 4) is 0 Å². The van der Waals surface area contributed by atoms with E-state index in [1.165, 1.54) is 7.11 Å². The summed E-state index contributed by atoms with van der Waals surface area (Å²) in [6.07, 6.45) is 2.22. The molecule has 3 nitrogen and oxygen atoms in total. The Bertz CT molecular complexity index is 486. The van der Waals surface area contributed by atoms with Gasteiger partial charge in [0.2, 0.25) is 0 Å².